The molecule has 0 saturated carbocycles. The third kappa shape index (κ3) is 2.93. The molecule has 2 aromatic carbocycles. The number of halogens is 1. The van der Waals surface area contributed by atoms with Gasteiger partial charge in [0.05, 0.1) is 4.92 Å². The number of benzene rings is 2. The van der Waals surface area contributed by atoms with Crippen LogP contribution in [0.3, 0.4) is 0 Å². The summed E-state index contributed by atoms with van der Waals surface area (Å²) in [4.78, 5) is 14.4. The molecule has 104 valence electrons. The quantitative estimate of drug-likeness (QED) is 0.525. The number of non-ortho nitro benzene ring substituents is 1. The highest BCUT2D eigenvalue weighted by Crippen LogP contribution is 2.21. The van der Waals surface area contributed by atoms with Gasteiger partial charge in [0, 0.05) is 23.2 Å². The molecule has 5 nitrogen and oxygen atoms in total. The highest BCUT2D eigenvalue weighted by Gasteiger charge is 2.04. The molecule has 6 heteroatoms. The van der Waals surface area contributed by atoms with E-state index in [0.29, 0.717) is 22.0 Å². The minimum Gasteiger partial charge on any atom is -0.437 e. The van der Waals surface area contributed by atoms with E-state index >= 15 is 0 Å². The summed E-state index contributed by atoms with van der Waals surface area (Å²) in [7, 11) is 0. The summed E-state index contributed by atoms with van der Waals surface area (Å²) >= 11 is 5.89. The maximum atomic E-state index is 10.6. The molecule has 0 amide bonds. The Morgan fingerprint density at radius 2 is 1.90 bits per heavy atom. The first-order valence-electron chi connectivity index (χ1n) is 6.10. The number of hydrogen-bond donors (Lipinski definition) is 0. The van der Waals surface area contributed by atoms with Crippen molar-refractivity contribution in [3.8, 4) is 0 Å². The molecule has 0 spiro atoms. The molecule has 1 heterocycles. The van der Waals surface area contributed by atoms with Gasteiger partial charge in [0.15, 0.2) is 5.58 Å². The summed E-state index contributed by atoms with van der Waals surface area (Å²) < 4.78 is 5.54. The molecule has 0 saturated heterocycles. The topological polar surface area (TPSA) is 69.2 Å². The van der Waals surface area contributed by atoms with Crippen molar-refractivity contribution in [2.24, 2.45) is 0 Å². The fraction of sp³-hybridized carbons (Fsp3) is 0. The van der Waals surface area contributed by atoms with Gasteiger partial charge in [-0.2, -0.15) is 0 Å². The minimum atomic E-state index is -0.432. The lowest BCUT2D eigenvalue weighted by Crippen LogP contribution is -1.86. The summed E-state index contributed by atoms with van der Waals surface area (Å²) in [5.41, 5.74) is 2.22. The average molecular weight is 301 g/mol. The van der Waals surface area contributed by atoms with Crippen molar-refractivity contribution in [2.75, 3.05) is 0 Å². The molecule has 0 atom stereocenters. The molecular weight excluding hydrogens is 292 g/mol. The zero-order valence-corrected chi connectivity index (χ0v) is 11.4. The lowest BCUT2D eigenvalue weighted by atomic mass is 10.2. The van der Waals surface area contributed by atoms with E-state index in [4.69, 9.17) is 16.0 Å². The first kappa shape index (κ1) is 13.3. The molecule has 0 bridgehead atoms. The Morgan fingerprint density at radius 1 is 1.14 bits per heavy atom. The minimum absolute atomic E-state index is 0.0589. The lowest BCUT2D eigenvalue weighted by Gasteiger charge is -1.92. The van der Waals surface area contributed by atoms with Crippen LogP contribution in [0.5, 0.6) is 0 Å². The molecule has 0 fully saturated rings. The van der Waals surface area contributed by atoms with Gasteiger partial charge >= 0.3 is 0 Å². The fourth-order valence-electron chi connectivity index (χ4n) is 1.86. The van der Waals surface area contributed by atoms with Crippen LogP contribution >= 0.6 is 11.6 Å². The molecule has 0 radical (unpaired) electrons. The number of rotatable bonds is 3. The number of nitro benzene ring substituents is 1. The SMILES string of the molecule is O=[N+]([O-])c1ccc(/C=C/c2nc3cc(Cl)ccc3o2)cc1. The second-order valence-electron chi connectivity index (χ2n) is 4.35. The molecule has 21 heavy (non-hydrogen) atoms. The largest absolute Gasteiger partial charge is 0.437 e. The number of nitro groups is 1. The molecule has 1 aromatic heterocycles. The van der Waals surface area contributed by atoms with Gasteiger partial charge < -0.3 is 4.42 Å². The number of fused-ring (bicyclic) bond motifs is 1. The zero-order chi connectivity index (χ0) is 14.8. The third-order valence-corrected chi connectivity index (χ3v) is 3.12. The Bertz CT molecular complexity index is 838. The van der Waals surface area contributed by atoms with Crippen molar-refractivity contribution in [3.05, 3.63) is 69.1 Å². The Morgan fingerprint density at radius 3 is 2.62 bits per heavy atom. The van der Waals surface area contributed by atoms with Crippen LogP contribution in [0.1, 0.15) is 11.5 Å². The summed E-state index contributed by atoms with van der Waals surface area (Å²) in [6, 6.07) is 11.4. The van der Waals surface area contributed by atoms with Gasteiger partial charge in [-0.3, -0.25) is 10.1 Å². The van der Waals surface area contributed by atoms with Gasteiger partial charge in [0.25, 0.3) is 5.69 Å². The molecule has 0 aliphatic heterocycles. The smallest absolute Gasteiger partial charge is 0.269 e. The van der Waals surface area contributed by atoms with Crippen LogP contribution in [-0.2, 0) is 0 Å². The lowest BCUT2D eigenvalue weighted by molar-refractivity contribution is -0.384. The van der Waals surface area contributed by atoms with Gasteiger partial charge in [-0.15, -0.1) is 0 Å². The molecule has 3 rings (SSSR count). The van der Waals surface area contributed by atoms with E-state index in [1.807, 2.05) is 0 Å². The van der Waals surface area contributed by atoms with E-state index in [9.17, 15) is 10.1 Å². The first-order chi connectivity index (χ1) is 10.1. The molecular formula is C15H9ClN2O3. The average Bonchev–Trinajstić information content (AvgIpc) is 2.87. The van der Waals surface area contributed by atoms with E-state index < -0.39 is 4.92 Å². The van der Waals surface area contributed by atoms with Crippen molar-refractivity contribution < 1.29 is 9.34 Å². The van der Waals surface area contributed by atoms with Crippen molar-refractivity contribution >= 4 is 40.5 Å². The molecule has 0 unspecified atom stereocenters. The summed E-state index contributed by atoms with van der Waals surface area (Å²) in [5, 5.41) is 11.2. The molecule has 0 aliphatic carbocycles. The predicted molar refractivity (Wildman–Crippen MR) is 81.0 cm³/mol. The first-order valence-corrected chi connectivity index (χ1v) is 6.48. The Balaban J connectivity index is 1.85. The Labute approximate surface area is 124 Å². The van der Waals surface area contributed by atoms with E-state index in [0.717, 1.165) is 5.56 Å². The van der Waals surface area contributed by atoms with Crippen molar-refractivity contribution in [3.63, 3.8) is 0 Å². The summed E-state index contributed by atoms with van der Waals surface area (Å²) in [5.74, 6) is 0.450. The molecule has 3 aromatic rings. The molecule has 0 N–H and O–H groups in total. The third-order valence-electron chi connectivity index (χ3n) is 2.89. The number of oxazole rings is 1. The van der Waals surface area contributed by atoms with Crippen molar-refractivity contribution in [2.45, 2.75) is 0 Å². The van der Waals surface area contributed by atoms with Crippen LogP contribution in [-0.4, -0.2) is 9.91 Å². The van der Waals surface area contributed by atoms with E-state index in [-0.39, 0.29) is 5.69 Å². The Hall–Kier alpha value is -2.66. The Kier molecular flexibility index (Phi) is 3.41. The van der Waals surface area contributed by atoms with E-state index in [1.165, 1.54) is 12.1 Å². The summed E-state index contributed by atoms with van der Waals surface area (Å²) in [6.07, 6.45) is 3.48. The number of hydrogen-bond acceptors (Lipinski definition) is 4. The maximum Gasteiger partial charge on any atom is 0.269 e. The van der Waals surface area contributed by atoms with Crippen LogP contribution in [0.4, 0.5) is 5.69 Å². The van der Waals surface area contributed by atoms with Crippen LogP contribution in [0, 0.1) is 10.1 Å². The second kappa shape index (κ2) is 5.38. The van der Waals surface area contributed by atoms with E-state index in [1.54, 1.807) is 42.5 Å². The highest BCUT2D eigenvalue weighted by molar-refractivity contribution is 6.31. The van der Waals surface area contributed by atoms with Crippen LogP contribution in [0.15, 0.2) is 46.9 Å². The maximum absolute atomic E-state index is 10.6. The second-order valence-corrected chi connectivity index (χ2v) is 4.78. The van der Waals surface area contributed by atoms with Gasteiger partial charge in [-0.1, -0.05) is 11.6 Å². The van der Waals surface area contributed by atoms with Crippen LogP contribution < -0.4 is 0 Å². The summed E-state index contributed by atoms with van der Waals surface area (Å²) in [6.45, 7) is 0. The standard InChI is InChI=1S/C15H9ClN2O3/c16-11-4-7-14-13(9-11)17-15(21-14)8-3-10-1-5-12(6-2-10)18(19)20/h1-9H/b8-3+. The number of aromatic nitrogens is 1. The zero-order valence-electron chi connectivity index (χ0n) is 10.7. The van der Waals surface area contributed by atoms with Crippen molar-refractivity contribution in [1.29, 1.82) is 0 Å². The number of nitrogens with zero attached hydrogens (tertiary/aromatic N) is 2. The fourth-order valence-corrected chi connectivity index (χ4v) is 2.03. The predicted octanol–water partition coefficient (Wildman–Crippen LogP) is 4.56. The monoisotopic (exact) mass is 300 g/mol. The normalized spacial score (nSPS) is 11.3. The van der Waals surface area contributed by atoms with E-state index in [2.05, 4.69) is 4.98 Å². The molecule has 0 aliphatic rings. The van der Waals surface area contributed by atoms with Gasteiger partial charge in [0.1, 0.15) is 5.52 Å². The van der Waals surface area contributed by atoms with Crippen LogP contribution in [0.2, 0.25) is 5.02 Å². The van der Waals surface area contributed by atoms with Gasteiger partial charge in [0.2, 0.25) is 5.89 Å². The highest BCUT2D eigenvalue weighted by atomic mass is 35.5. The van der Waals surface area contributed by atoms with Gasteiger partial charge in [-0.25, -0.2) is 4.98 Å². The van der Waals surface area contributed by atoms with Gasteiger partial charge in [-0.05, 0) is 42.0 Å². The van der Waals surface area contributed by atoms with Crippen molar-refractivity contribution in [1.82, 2.24) is 4.98 Å². The van der Waals surface area contributed by atoms with Crippen LogP contribution in [0.25, 0.3) is 23.3 Å².